The number of carbonyl (C=O) groups excluding carboxylic acids is 1. The largest absolute Gasteiger partial charge is 0.497 e. The second-order valence-corrected chi connectivity index (χ2v) is 6.14. The lowest BCUT2D eigenvalue weighted by Gasteiger charge is -2.20. The summed E-state index contributed by atoms with van der Waals surface area (Å²) in [6.07, 6.45) is 0. The molecule has 0 fully saturated rings. The molecule has 1 amide bonds. The van der Waals surface area contributed by atoms with Gasteiger partial charge in [-0.2, -0.15) is 0 Å². The number of methoxy groups -OCH3 is 1. The van der Waals surface area contributed by atoms with E-state index in [1.54, 1.807) is 24.1 Å². The number of hydrogen-bond donors (Lipinski definition) is 1. The summed E-state index contributed by atoms with van der Waals surface area (Å²) in [6, 6.07) is 20.3. The van der Waals surface area contributed by atoms with Crippen LogP contribution in [0.25, 0.3) is 0 Å². The highest BCUT2D eigenvalue weighted by atomic mass is 16.5. The highest BCUT2D eigenvalue weighted by Crippen LogP contribution is 2.17. The minimum Gasteiger partial charge on any atom is -0.497 e. The second-order valence-electron chi connectivity index (χ2n) is 6.14. The molecule has 0 saturated carbocycles. The summed E-state index contributed by atoms with van der Waals surface area (Å²) >= 11 is 0. The van der Waals surface area contributed by atoms with Crippen molar-refractivity contribution in [1.29, 1.82) is 0 Å². The van der Waals surface area contributed by atoms with Gasteiger partial charge in [-0.1, -0.05) is 18.2 Å². The van der Waals surface area contributed by atoms with Gasteiger partial charge in [0, 0.05) is 12.2 Å². The van der Waals surface area contributed by atoms with E-state index in [0.29, 0.717) is 31.2 Å². The van der Waals surface area contributed by atoms with Crippen LogP contribution in [0.3, 0.4) is 0 Å². The maximum Gasteiger partial charge on any atom is 0.278 e. The van der Waals surface area contributed by atoms with Crippen LogP contribution in [0.15, 0.2) is 66.7 Å². The molecule has 1 aromatic heterocycles. The Hall–Kier alpha value is -3.61. The Bertz CT molecular complexity index is 900. The molecule has 150 valence electrons. The summed E-state index contributed by atoms with van der Waals surface area (Å²) in [7, 11) is 1.63. The first kappa shape index (κ1) is 20.1. The van der Waals surface area contributed by atoms with Gasteiger partial charge in [0.05, 0.1) is 13.7 Å². The molecule has 0 radical (unpaired) electrons. The van der Waals surface area contributed by atoms with Crippen LogP contribution in [0.2, 0.25) is 0 Å². The van der Waals surface area contributed by atoms with Crippen LogP contribution in [0, 0.1) is 0 Å². The highest BCUT2D eigenvalue weighted by Gasteiger charge is 2.17. The number of para-hydroxylation sites is 1. The van der Waals surface area contributed by atoms with Crippen molar-refractivity contribution in [3.63, 3.8) is 0 Å². The van der Waals surface area contributed by atoms with Crippen molar-refractivity contribution < 1.29 is 14.3 Å². The fourth-order valence-electron chi connectivity index (χ4n) is 2.75. The molecule has 1 N–H and O–H groups in total. The highest BCUT2D eigenvalue weighted by molar-refractivity contribution is 6.04. The molecule has 0 aliphatic heterocycles. The van der Waals surface area contributed by atoms with Crippen molar-refractivity contribution in [2.24, 2.45) is 0 Å². The summed E-state index contributed by atoms with van der Waals surface area (Å²) in [5.74, 6) is 1.96. The number of hydrogen-bond acceptors (Lipinski definition) is 6. The molecule has 3 aromatic rings. The minimum atomic E-state index is -0.180. The Morgan fingerprint density at radius 2 is 1.69 bits per heavy atom. The zero-order valence-corrected chi connectivity index (χ0v) is 16.5. The molecule has 29 heavy (non-hydrogen) atoms. The van der Waals surface area contributed by atoms with Gasteiger partial charge >= 0.3 is 0 Å². The lowest BCUT2D eigenvalue weighted by molar-refractivity contribution is 0.0982. The van der Waals surface area contributed by atoms with Gasteiger partial charge in [-0.15, -0.1) is 10.2 Å². The number of benzene rings is 2. The molecule has 0 bridgehead atoms. The van der Waals surface area contributed by atoms with E-state index in [2.05, 4.69) is 15.5 Å². The van der Waals surface area contributed by atoms with E-state index >= 15 is 0 Å². The normalized spacial score (nSPS) is 10.3. The van der Waals surface area contributed by atoms with Gasteiger partial charge in [0.2, 0.25) is 0 Å². The summed E-state index contributed by atoms with van der Waals surface area (Å²) < 4.78 is 10.8. The standard InChI is InChI=1S/C22H24N4O3/c1-3-26(17-7-5-4-6-8-17)22(27)20-13-14-21(25-24-20)23-15-16-29-19-11-9-18(28-2)10-12-19/h4-14H,3,15-16H2,1-2H3,(H,23,25). The lowest BCUT2D eigenvalue weighted by Crippen LogP contribution is -2.31. The Balaban J connectivity index is 1.51. The fourth-order valence-corrected chi connectivity index (χ4v) is 2.75. The molecule has 3 rings (SSSR count). The lowest BCUT2D eigenvalue weighted by atomic mass is 10.2. The van der Waals surface area contributed by atoms with Crippen molar-refractivity contribution in [2.45, 2.75) is 6.92 Å². The number of rotatable bonds is 9. The molecule has 0 spiro atoms. The minimum absolute atomic E-state index is 0.180. The number of ether oxygens (including phenoxy) is 2. The van der Waals surface area contributed by atoms with Gasteiger partial charge in [0.1, 0.15) is 23.9 Å². The number of nitrogens with one attached hydrogen (secondary N) is 1. The van der Waals surface area contributed by atoms with Gasteiger partial charge < -0.3 is 19.7 Å². The molecule has 1 heterocycles. The molecular weight excluding hydrogens is 368 g/mol. The van der Waals surface area contributed by atoms with Gasteiger partial charge in [0.15, 0.2) is 5.69 Å². The van der Waals surface area contributed by atoms with E-state index in [-0.39, 0.29) is 5.91 Å². The molecular formula is C22H24N4O3. The molecule has 0 unspecified atom stereocenters. The van der Waals surface area contributed by atoms with Gasteiger partial charge in [-0.05, 0) is 55.5 Å². The third-order valence-electron chi connectivity index (χ3n) is 4.25. The number of amides is 1. The van der Waals surface area contributed by atoms with Crippen molar-refractivity contribution in [3.05, 3.63) is 72.4 Å². The van der Waals surface area contributed by atoms with Gasteiger partial charge in [-0.3, -0.25) is 4.79 Å². The van der Waals surface area contributed by atoms with Crippen LogP contribution in [-0.4, -0.2) is 42.9 Å². The molecule has 0 aliphatic carbocycles. The maximum atomic E-state index is 12.7. The topological polar surface area (TPSA) is 76.6 Å². The summed E-state index contributed by atoms with van der Waals surface area (Å²) in [6.45, 7) is 3.50. The van der Waals surface area contributed by atoms with E-state index in [9.17, 15) is 4.79 Å². The third-order valence-corrected chi connectivity index (χ3v) is 4.25. The third kappa shape index (κ3) is 5.44. The zero-order chi connectivity index (χ0) is 20.5. The van der Waals surface area contributed by atoms with Crippen LogP contribution in [-0.2, 0) is 0 Å². The van der Waals surface area contributed by atoms with Gasteiger partial charge in [-0.25, -0.2) is 0 Å². The summed E-state index contributed by atoms with van der Waals surface area (Å²) in [5, 5.41) is 11.3. The Morgan fingerprint density at radius 3 is 2.31 bits per heavy atom. The quantitative estimate of drug-likeness (QED) is 0.560. The SMILES string of the molecule is CCN(C(=O)c1ccc(NCCOc2ccc(OC)cc2)nn1)c1ccccc1. The predicted octanol–water partition coefficient (Wildman–Crippen LogP) is 3.64. The second kappa shape index (κ2) is 10.1. The molecule has 7 nitrogen and oxygen atoms in total. The van der Waals surface area contributed by atoms with E-state index in [0.717, 1.165) is 17.2 Å². The number of aromatic nitrogens is 2. The summed E-state index contributed by atoms with van der Waals surface area (Å²) in [4.78, 5) is 14.4. The number of anilines is 2. The molecule has 0 aliphatic rings. The smallest absolute Gasteiger partial charge is 0.278 e. The van der Waals surface area contributed by atoms with Crippen LogP contribution in [0.4, 0.5) is 11.5 Å². The average Bonchev–Trinajstić information content (AvgIpc) is 2.79. The van der Waals surface area contributed by atoms with E-state index in [4.69, 9.17) is 9.47 Å². The first-order chi connectivity index (χ1) is 14.2. The zero-order valence-electron chi connectivity index (χ0n) is 16.5. The van der Waals surface area contributed by atoms with Crippen molar-refractivity contribution in [1.82, 2.24) is 10.2 Å². The van der Waals surface area contributed by atoms with Crippen LogP contribution < -0.4 is 19.7 Å². The molecule has 0 atom stereocenters. The van der Waals surface area contributed by atoms with E-state index in [1.807, 2.05) is 61.5 Å². The van der Waals surface area contributed by atoms with Gasteiger partial charge in [0.25, 0.3) is 5.91 Å². The van der Waals surface area contributed by atoms with E-state index < -0.39 is 0 Å². The van der Waals surface area contributed by atoms with Crippen LogP contribution >= 0.6 is 0 Å². The first-order valence-electron chi connectivity index (χ1n) is 9.42. The Labute approximate surface area is 170 Å². The molecule has 7 heteroatoms. The fraction of sp³-hybridized carbons (Fsp3) is 0.227. The summed E-state index contributed by atoms with van der Waals surface area (Å²) in [5.41, 5.74) is 1.13. The Morgan fingerprint density at radius 1 is 0.966 bits per heavy atom. The van der Waals surface area contributed by atoms with Crippen LogP contribution in [0.5, 0.6) is 11.5 Å². The monoisotopic (exact) mass is 392 g/mol. The Kier molecular flexibility index (Phi) is 7.00. The number of nitrogens with zero attached hydrogens (tertiary/aromatic N) is 3. The predicted molar refractivity (Wildman–Crippen MR) is 113 cm³/mol. The average molecular weight is 392 g/mol. The molecule has 0 saturated heterocycles. The van der Waals surface area contributed by atoms with Crippen molar-refractivity contribution in [3.8, 4) is 11.5 Å². The van der Waals surface area contributed by atoms with Crippen molar-refractivity contribution in [2.75, 3.05) is 37.0 Å². The maximum absolute atomic E-state index is 12.7. The van der Waals surface area contributed by atoms with Crippen molar-refractivity contribution >= 4 is 17.4 Å². The van der Waals surface area contributed by atoms with Crippen LogP contribution in [0.1, 0.15) is 17.4 Å². The molecule has 2 aromatic carbocycles. The first-order valence-corrected chi connectivity index (χ1v) is 9.42. The van der Waals surface area contributed by atoms with E-state index in [1.165, 1.54) is 0 Å². The number of carbonyl (C=O) groups is 1.